The Bertz CT molecular complexity index is 929. The molecule has 1 fully saturated rings. The van der Waals surface area contributed by atoms with E-state index in [2.05, 4.69) is 0 Å². The van der Waals surface area contributed by atoms with Gasteiger partial charge < -0.3 is 19.9 Å². The first-order valence-corrected chi connectivity index (χ1v) is 6.65. The maximum atomic E-state index is 11.4. The molecule has 3 rings (SSSR count). The first-order chi connectivity index (χ1) is 12.9. The van der Waals surface area contributed by atoms with E-state index >= 15 is 0 Å². The van der Waals surface area contributed by atoms with Crippen molar-refractivity contribution < 1.29 is 19.2 Å². The number of aromatic amines is 1. The minimum Gasteiger partial charge on any atom is -0.447 e. The maximum absolute atomic E-state index is 11.4. The summed E-state index contributed by atoms with van der Waals surface area (Å²) in [7, 11) is 2.82. The number of nitrogens with one attached hydrogen (secondary N) is 2. The second-order valence-electron chi connectivity index (χ2n) is 5.15. The van der Waals surface area contributed by atoms with Crippen LogP contribution in [0.4, 0.5) is 4.79 Å². The van der Waals surface area contributed by atoms with Gasteiger partial charge in [0.1, 0.15) is 6.61 Å². The number of hydrogen-bond donors (Lipinski definition) is 2. The molecule has 1 aliphatic rings. The molecule has 0 radical (unpaired) electrons. The first-order valence-electron chi connectivity index (χ1n) is 10.0. The highest BCUT2D eigenvalue weighted by atomic mass is 16.6. The number of ether oxygens (including phenoxy) is 1. The lowest BCUT2D eigenvalue weighted by atomic mass is 10.0. The van der Waals surface area contributed by atoms with Gasteiger partial charge in [-0.2, -0.15) is 0 Å². The number of benzene rings is 1. The Morgan fingerprint density at radius 3 is 3.14 bits per heavy atom. The number of alkyl carbamates (subject to hydrolysis) is 1. The van der Waals surface area contributed by atoms with Gasteiger partial charge in [0.25, 0.3) is 0 Å². The van der Waals surface area contributed by atoms with Crippen molar-refractivity contribution in [2.45, 2.75) is 18.8 Å². The van der Waals surface area contributed by atoms with Crippen molar-refractivity contribution in [2.24, 2.45) is 0 Å². The van der Waals surface area contributed by atoms with Crippen LogP contribution in [0.3, 0.4) is 0 Å². The molecule has 1 atom stereocenters. The largest absolute Gasteiger partial charge is 0.447 e. The minimum atomic E-state index is -2.56. The van der Waals surface area contributed by atoms with Crippen molar-refractivity contribution in [3.8, 4) is 0 Å². The number of fused-ring (bicyclic) bond motifs is 1. The Balaban J connectivity index is 2.11. The molecule has 1 amide bonds. The standard InChI is InChI=1S/C16H21N3O2/c1-19(2)6-5-12-9-17-15-4-3-11(8-14(12)15)7-13-10-21-16(20)18-13/h3-4,8-9,13,17H,5-7,10H2,1-2H3,(H,18,20)/t13-/m0/s1/i5D2,6D2,9D/hD2. The molecule has 5 nitrogen and oxygen atoms in total. The van der Waals surface area contributed by atoms with Gasteiger partial charge in [-0.1, -0.05) is 6.07 Å². The average molecular weight is 294 g/mol. The van der Waals surface area contributed by atoms with Crippen LogP contribution in [0.25, 0.3) is 10.9 Å². The summed E-state index contributed by atoms with van der Waals surface area (Å²) in [5.41, 5.74) is 0.740. The molecule has 2 N–H and O–H groups in total. The maximum Gasteiger partial charge on any atom is 0.407 e. The number of H-pyrrole nitrogens is 1. The van der Waals surface area contributed by atoms with Crippen LogP contribution in [0.15, 0.2) is 24.4 Å². The number of amides is 1. The third-order valence-electron chi connectivity index (χ3n) is 3.18. The molecule has 0 saturated carbocycles. The smallest absolute Gasteiger partial charge is 0.407 e. The van der Waals surface area contributed by atoms with Gasteiger partial charge in [-0.25, -0.2) is 4.79 Å². The Hall–Kier alpha value is -2.01. The number of aromatic nitrogens is 1. The van der Waals surface area contributed by atoms with E-state index in [9.17, 15) is 4.79 Å². The molecule has 1 aliphatic heterocycles. The van der Waals surface area contributed by atoms with Gasteiger partial charge in [0.15, 0.2) is 2.82 Å². The van der Waals surface area contributed by atoms with E-state index < -0.39 is 31.2 Å². The molecule has 0 bridgehead atoms. The third kappa shape index (κ3) is 3.19. The van der Waals surface area contributed by atoms with Crippen molar-refractivity contribution in [3.05, 3.63) is 35.5 Å². The highest BCUT2D eigenvalue weighted by molar-refractivity contribution is 5.84. The van der Waals surface area contributed by atoms with Gasteiger partial charge in [0, 0.05) is 29.1 Å². The fourth-order valence-electron chi connectivity index (χ4n) is 2.21. The van der Waals surface area contributed by atoms with Gasteiger partial charge in [-0.05, 0) is 50.1 Å². The van der Waals surface area contributed by atoms with Gasteiger partial charge in [-0.3, -0.25) is 0 Å². The zero-order valence-corrected chi connectivity index (χ0v) is 11.9. The Kier molecular flexibility index (Phi) is 2.16. The van der Waals surface area contributed by atoms with E-state index in [1.165, 1.54) is 14.1 Å². The van der Waals surface area contributed by atoms with Crippen LogP contribution < -0.4 is 5.31 Å². The van der Waals surface area contributed by atoms with Crippen molar-refractivity contribution >= 4 is 17.0 Å². The van der Waals surface area contributed by atoms with E-state index in [-0.39, 0.29) is 29.5 Å². The predicted molar refractivity (Wildman–Crippen MR) is 82.5 cm³/mol. The minimum absolute atomic E-state index is 0.0698. The fraction of sp³-hybridized carbons (Fsp3) is 0.438. The summed E-state index contributed by atoms with van der Waals surface area (Å²) in [6.07, 6.45) is -3.44. The zero-order chi connectivity index (χ0) is 21.0. The Morgan fingerprint density at radius 1 is 1.57 bits per heavy atom. The fourth-order valence-corrected chi connectivity index (χ4v) is 2.21. The highest BCUT2D eigenvalue weighted by Crippen LogP contribution is 2.21. The zero-order valence-electron chi connectivity index (χ0n) is 18.9. The molecule has 0 spiro atoms. The second-order valence-corrected chi connectivity index (χ2v) is 5.15. The second kappa shape index (κ2) is 5.77. The molecule has 2 heterocycles. The third-order valence-corrected chi connectivity index (χ3v) is 3.18. The van der Waals surface area contributed by atoms with Crippen molar-refractivity contribution in [3.63, 3.8) is 0 Å². The van der Waals surface area contributed by atoms with Crippen molar-refractivity contribution in [1.29, 1.82) is 0 Å². The van der Waals surface area contributed by atoms with Gasteiger partial charge in [-0.15, -0.1) is 0 Å². The number of carbonyl (C=O) groups is 1. The molecule has 0 unspecified atom stereocenters. The molecular weight excluding hydrogens is 266 g/mol. The van der Waals surface area contributed by atoms with E-state index in [0.29, 0.717) is 5.56 Å². The lowest BCUT2D eigenvalue weighted by Crippen LogP contribution is -2.28. The number of cyclic esters (lactones) is 1. The summed E-state index contributed by atoms with van der Waals surface area (Å²) < 4.78 is 62.0. The molecule has 5 heteroatoms. The Labute approximate surface area is 134 Å². The summed E-state index contributed by atoms with van der Waals surface area (Å²) in [6.45, 7) is -2.35. The van der Waals surface area contributed by atoms with Crippen LogP contribution >= 0.6 is 0 Å². The van der Waals surface area contributed by atoms with Crippen molar-refractivity contribution in [1.82, 2.24) is 15.2 Å². The molecule has 112 valence electrons. The predicted octanol–water partition coefficient (Wildman–Crippen LogP) is 1.92. The van der Waals surface area contributed by atoms with Crippen LogP contribution in [0.1, 0.15) is 18.0 Å². The molecule has 21 heavy (non-hydrogen) atoms. The number of likely N-dealkylation sites (N-methyl/N-ethyl adjacent to an activating group) is 1. The SMILES string of the molecule is [2H]c1c(C([2H])([2H])C([2H])([2H])N(C)C)c2cc(C[C@H]3COC(=O)N3[2H])ccc2n1[2H]. The Morgan fingerprint density at radius 2 is 2.43 bits per heavy atom. The molecule has 0 aliphatic carbocycles. The summed E-state index contributed by atoms with van der Waals surface area (Å²) >= 11 is 0. The van der Waals surface area contributed by atoms with Gasteiger partial charge >= 0.3 is 6.09 Å². The van der Waals surface area contributed by atoms with Crippen LogP contribution in [0.5, 0.6) is 0 Å². The molecule has 2 aromatic rings. The van der Waals surface area contributed by atoms with Crippen LogP contribution in [0, 0.1) is 0 Å². The lowest BCUT2D eigenvalue weighted by molar-refractivity contribution is 0.177. The number of nitrogens with zero attached hydrogens (tertiary/aromatic N) is 1. The topological polar surface area (TPSA) is 57.4 Å². The van der Waals surface area contributed by atoms with Crippen molar-refractivity contribution in [2.75, 3.05) is 27.2 Å². The summed E-state index contributed by atoms with van der Waals surface area (Å²) in [5.74, 6) is 0. The van der Waals surface area contributed by atoms with E-state index in [1.807, 2.05) is 0 Å². The number of hydrogen-bond acceptors (Lipinski definition) is 3. The van der Waals surface area contributed by atoms with Crippen LogP contribution in [0.2, 0.25) is 2.82 Å². The monoisotopic (exact) mass is 294 g/mol. The van der Waals surface area contributed by atoms with E-state index in [4.69, 9.17) is 14.4 Å². The number of aryl methyl sites for hydroxylation is 1. The van der Waals surface area contributed by atoms with Gasteiger partial charge in [0.05, 0.1) is 7.41 Å². The molecular formula is C16H21N3O2. The van der Waals surface area contributed by atoms with E-state index in [0.717, 1.165) is 15.2 Å². The summed E-state index contributed by atoms with van der Waals surface area (Å²) in [5, 5.41) is 1.01. The highest BCUT2D eigenvalue weighted by Gasteiger charge is 2.22. The lowest BCUT2D eigenvalue weighted by Gasteiger charge is -2.09. The van der Waals surface area contributed by atoms with E-state index in [1.54, 1.807) is 18.2 Å². The number of carbonyl (C=O) groups excluding carboxylic acids is 1. The molecule has 1 aromatic carbocycles. The van der Waals surface area contributed by atoms with Crippen LogP contribution in [-0.4, -0.2) is 49.2 Å². The normalized spacial score (nSPS) is 24.9. The van der Waals surface area contributed by atoms with Gasteiger partial charge in [0.2, 0.25) is 0 Å². The molecule has 1 saturated heterocycles. The van der Waals surface area contributed by atoms with Crippen LogP contribution in [-0.2, 0) is 17.5 Å². The molecule has 1 aromatic heterocycles. The quantitative estimate of drug-likeness (QED) is 0.886. The first kappa shape index (κ1) is 7.84. The average Bonchev–Trinajstić information content (AvgIpc) is 3.06. The summed E-state index contributed by atoms with van der Waals surface area (Å²) in [4.78, 5) is 13.2. The number of rotatable bonds is 5. The summed E-state index contributed by atoms with van der Waals surface area (Å²) in [6, 6.07) is 4.34.